The minimum Gasteiger partial charge on any atom is -0.497 e. The largest absolute Gasteiger partial charge is 0.497 e. The van der Waals surface area contributed by atoms with Gasteiger partial charge in [0.25, 0.3) is 0 Å². The molecule has 0 amide bonds. The van der Waals surface area contributed by atoms with Gasteiger partial charge in [-0.15, -0.1) is 0 Å². The summed E-state index contributed by atoms with van der Waals surface area (Å²) in [5.74, 6) is 3.26. The number of hydrogen-bond donors (Lipinski definition) is 0. The first-order chi connectivity index (χ1) is 12.4. The van der Waals surface area contributed by atoms with Crippen molar-refractivity contribution in [2.45, 2.75) is 64.3 Å². The Balaban J connectivity index is 1.76. The number of ether oxygens (including phenoxy) is 1. The second-order valence-corrected chi connectivity index (χ2v) is 9.19. The molecule has 1 aliphatic heterocycles. The van der Waals surface area contributed by atoms with Crippen LogP contribution in [0.5, 0.6) is 5.75 Å². The number of carbonyl (C=O) groups excluding carboxylic acids is 1. The molecule has 3 aliphatic rings. The van der Waals surface area contributed by atoms with Crippen LogP contribution >= 0.6 is 0 Å². The number of fused-ring (bicyclic) bond motifs is 1. The van der Waals surface area contributed by atoms with Gasteiger partial charge in [0, 0.05) is 30.8 Å². The molecule has 0 N–H and O–H groups in total. The molecule has 0 aromatic heterocycles. The predicted octanol–water partition coefficient (Wildman–Crippen LogP) is 4.36. The second kappa shape index (κ2) is 6.67. The number of nitrogens with zero attached hydrogens (tertiary/aromatic N) is 1. The van der Waals surface area contributed by atoms with Crippen molar-refractivity contribution in [2.75, 3.05) is 20.2 Å². The number of ketones is 1. The molecule has 3 unspecified atom stereocenters. The minimum absolute atomic E-state index is 0.0210. The number of aryl methyl sites for hydroxylation is 1. The summed E-state index contributed by atoms with van der Waals surface area (Å²) in [6.07, 6.45) is 5.36. The third kappa shape index (κ3) is 2.98. The van der Waals surface area contributed by atoms with E-state index in [1.54, 1.807) is 7.11 Å². The van der Waals surface area contributed by atoms with E-state index in [-0.39, 0.29) is 5.41 Å². The highest BCUT2D eigenvalue weighted by Gasteiger charge is 2.54. The monoisotopic (exact) mass is 355 g/mol. The number of rotatable bonds is 4. The van der Waals surface area contributed by atoms with E-state index in [1.807, 2.05) is 6.07 Å². The molecule has 2 aliphatic carbocycles. The molecular formula is C23H33NO2. The van der Waals surface area contributed by atoms with Gasteiger partial charge in [-0.25, -0.2) is 0 Å². The van der Waals surface area contributed by atoms with Gasteiger partial charge in [-0.05, 0) is 80.7 Å². The van der Waals surface area contributed by atoms with E-state index in [0.717, 1.165) is 31.1 Å². The van der Waals surface area contributed by atoms with E-state index < -0.39 is 0 Å². The minimum atomic E-state index is -0.0210. The molecule has 2 saturated carbocycles. The molecule has 1 saturated heterocycles. The summed E-state index contributed by atoms with van der Waals surface area (Å²) in [7, 11) is 1.74. The fourth-order valence-electron chi connectivity index (χ4n) is 6.10. The Bertz CT molecular complexity index is 695. The highest BCUT2D eigenvalue weighted by Crippen LogP contribution is 2.54. The van der Waals surface area contributed by atoms with Crippen molar-refractivity contribution in [3.8, 4) is 5.75 Å². The smallest absolute Gasteiger partial charge is 0.134 e. The standard InChI is InChI=1S/C23H33NO2/c1-15-5-8-20(26-4)12-21(15)23-9-10-24(14-18-6-7-18)17(3)22(23)16(2)11-19(25)13-23/h5,8,12,16-18,22H,6-7,9-11,13-14H2,1-4H3/t16?,17?,22?,23-/m1/s1. The van der Waals surface area contributed by atoms with Gasteiger partial charge >= 0.3 is 0 Å². The Morgan fingerprint density at radius 1 is 1.27 bits per heavy atom. The molecule has 142 valence electrons. The highest BCUT2D eigenvalue weighted by atomic mass is 16.5. The lowest BCUT2D eigenvalue weighted by molar-refractivity contribution is -0.129. The molecule has 3 heteroatoms. The summed E-state index contributed by atoms with van der Waals surface area (Å²) in [5.41, 5.74) is 2.65. The van der Waals surface area contributed by atoms with Gasteiger partial charge in [0.15, 0.2) is 0 Å². The van der Waals surface area contributed by atoms with E-state index in [9.17, 15) is 4.79 Å². The fraction of sp³-hybridized carbons (Fsp3) is 0.696. The molecule has 4 rings (SSSR count). The maximum atomic E-state index is 12.7. The van der Waals surface area contributed by atoms with E-state index in [2.05, 4.69) is 37.8 Å². The van der Waals surface area contributed by atoms with Gasteiger partial charge in [0.05, 0.1) is 7.11 Å². The maximum absolute atomic E-state index is 12.7. The zero-order valence-corrected chi connectivity index (χ0v) is 16.8. The summed E-state index contributed by atoms with van der Waals surface area (Å²) in [6.45, 7) is 9.30. The summed E-state index contributed by atoms with van der Waals surface area (Å²) in [5, 5.41) is 0. The van der Waals surface area contributed by atoms with Gasteiger partial charge in [0.2, 0.25) is 0 Å². The Morgan fingerprint density at radius 2 is 2.04 bits per heavy atom. The first-order valence-electron chi connectivity index (χ1n) is 10.4. The van der Waals surface area contributed by atoms with Crippen LogP contribution in [0.2, 0.25) is 0 Å². The quantitative estimate of drug-likeness (QED) is 0.804. The van der Waals surface area contributed by atoms with Crippen LogP contribution in [0.15, 0.2) is 18.2 Å². The van der Waals surface area contributed by atoms with E-state index >= 15 is 0 Å². The molecule has 3 fully saturated rings. The first-order valence-corrected chi connectivity index (χ1v) is 10.4. The van der Waals surface area contributed by atoms with Gasteiger partial charge in [-0.3, -0.25) is 4.79 Å². The van der Waals surface area contributed by atoms with E-state index in [0.29, 0.717) is 30.1 Å². The van der Waals surface area contributed by atoms with Crippen LogP contribution in [0.3, 0.4) is 0 Å². The maximum Gasteiger partial charge on any atom is 0.134 e. The van der Waals surface area contributed by atoms with Crippen molar-refractivity contribution in [3.05, 3.63) is 29.3 Å². The fourth-order valence-corrected chi connectivity index (χ4v) is 6.10. The van der Waals surface area contributed by atoms with E-state index in [4.69, 9.17) is 4.74 Å². The summed E-state index contributed by atoms with van der Waals surface area (Å²) in [4.78, 5) is 15.4. The van der Waals surface area contributed by atoms with Crippen LogP contribution in [-0.4, -0.2) is 36.9 Å². The van der Waals surface area contributed by atoms with Crippen molar-refractivity contribution < 1.29 is 9.53 Å². The molecule has 26 heavy (non-hydrogen) atoms. The number of piperidine rings is 1. The average Bonchev–Trinajstić information content (AvgIpc) is 3.41. The number of hydrogen-bond acceptors (Lipinski definition) is 3. The average molecular weight is 356 g/mol. The summed E-state index contributed by atoms with van der Waals surface area (Å²) in [6, 6.07) is 6.98. The van der Waals surface area contributed by atoms with Gasteiger partial charge in [-0.2, -0.15) is 0 Å². The Morgan fingerprint density at radius 3 is 2.73 bits per heavy atom. The van der Waals surface area contributed by atoms with Crippen LogP contribution in [0.4, 0.5) is 0 Å². The van der Waals surface area contributed by atoms with Crippen LogP contribution in [0.1, 0.15) is 57.1 Å². The number of methoxy groups -OCH3 is 1. The van der Waals surface area contributed by atoms with Crippen molar-refractivity contribution in [1.82, 2.24) is 4.90 Å². The molecule has 0 radical (unpaired) electrons. The third-order valence-corrected chi connectivity index (χ3v) is 7.42. The van der Waals surface area contributed by atoms with Gasteiger partial charge < -0.3 is 9.64 Å². The van der Waals surface area contributed by atoms with Crippen LogP contribution < -0.4 is 4.74 Å². The first kappa shape index (κ1) is 18.0. The molecule has 1 aromatic rings. The molecule has 0 spiro atoms. The lowest BCUT2D eigenvalue weighted by atomic mass is 9.53. The zero-order chi connectivity index (χ0) is 18.5. The summed E-state index contributed by atoms with van der Waals surface area (Å²) >= 11 is 0. The van der Waals surface area contributed by atoms with Crippen molar-refractivity contribution in [3.63, 3.8) is 0 Å². The van der Waals surface area contributed by atoms with Crippen molar-refractivity contribution in [2.24, 2.45) is 17.8 Å². The predicted molar refractivity (Wildman–Crippen MR) is 105 cm³/mol. The van der Waals surface area contributed by atoms with Crippen LogP contribution in [-0.2, 0) is 10.2 Å². The zero-order valence-electron chi connectivity index (χ0n) is 16.8. The molecule has 4 atom stereocenters. The second-order valence-electron chi connectivity index (χ2n) is 9.19. The third-order valence-electron chi connectivity index (χ3n) is 7.42. The SMILES string of the molecule is COc1ccc(C)c([C@]23CCN(CC4CC4)C(C)C2C(C)CC(=O)C3)c1. The van der Waals surface area contributed by atoms with Crippen molar-refractivity contribution >= 4 is 5.78 Å². The number of likely N-dealkylation sites (tertiary alicyclic amines) is 1. The van der Waals surface area contributed by atoms with Crippen molar-refractivity contribution in [1.29, 1.82) is 0 Å². The number of benzene rings is 1. The molecule has 1 heterocycles. The highest BCUT2D eigenvalue weighted by molar-refractivity contribution is 5.82. The van der Waals surface area contributed by atoms with Crippen LogP contribution in [0.25, 0.3) is 0 Å². The lowest BCUT2D eigenvalue weighted by Gasteiger charge is -2.57. The number of Topliss-reactive ketones (excluding diaryl/α,β-unsaturated/α-hetero) is 1. The van der Waals surface area contributed by atoms with E-state index in [1.165, 1.54) is 30.5 Å². The van der Waals surface area contributed by atoms with Crippen LogP contribution in [0, 0.1) is 24.7 Å². The molecule has 3 nitrogen and oxygen atoms in total. The molecule has 1 aromatic carbocycles. The topological polar surface area (TPSA) is 29.5 Å². The van der Waals surface area contributed by atoms with Gasteiger partial charge in [-0.1, -0.05) is 13.0 Å². The Kier molecular flexibility index (Phi) is 4.63. The Labute approximate surface area is 158 Å². The summed E-state index contributed by atoms with van der Waals surface area (Å²) < 4.78 is 5.54. The van der Waals surface area contributed by atoms with Gasteiger partial charge in [0.1, 0.15) is 11.5 Å². The molecular weight excluding hydrogens is 322 g/mol. The number of carbonyl (C=O) groups is 1. The lowest BCUT2D eigenvalue weighted by Crippen LogP contribution is -2.60. The Hall–Kier alpha value is -1.35. The molecule has 0 bridgehead atoms. The normalized spacial score (nSPS) is 35.2.